The Balaban J connectivity index is 1.46. The molecular weight excluding hydrogens is 597 g/mol. The second-order valence-corrected chi connectivity index (χ2v) is 12.1. The van der Waals surface area contributed by atoms with Gasteiger partial charge < -0.3 is 24.5 Å². The van der Waals surface area contributed by atoms with E-state index in [4.69, 9.17) is 14.2 Å². The number of piperidine rings is 1. The molecule has 13 heteroatoms. The third-order valence-electron chi connectivity index (χ3n) is 8.20. The summed E-state index contributed by atoms with van der Waals surface area (Å²) in [7, 11) is 1.51. The number of aryl methyl sites for hydroxylation is 1. The molecule has 0 aliphatic carbocycles. The summed E-state index contributed by atoms with van der Waals surface area (Å²) >= 11 is 1.43. The van der Waals surface area contributed by atoms with Gasteiger partial charge in [0.2, 0.25) is 5.88 Å². The number of methoxy groups -OCH3 is 1. The van der Waals surface area contributed by atoms with Gasteiger partial charge in [0.15, 0.2) is 11.5 Å². The van der Waals surface area contributed by atoms with Gasteiger partial charge in [0.05, 0.1) is 13.7 Å². The fourth-order valence-electron chi connectivity index (χ4n) is 5.83. The summed E-state index contributed by atoms with van der Waals surface area (Å²) in [6.45, 7) is 4.96. The normalized spacial score (nSPS) is 18.8. The molecule has 5 rings (SSSR count). The van der Waals surface area contributed by atoms with Gasteiger partial charge in [-0.1, -0.05) is 0 Å². The number of nitrogens with zero attached hydrogens (tertiary/aromatic N) is 2. The molecule has 1 amide bonds. The molecular formula is C31H35F3N4O5S. The lowest BCUT2D eigenvalue weighted by molar-refractivity contribution is -0.159. The first-order valence-electron chi connectivity index (χ1n) is 14.2. The van der Waals surface area contributed by atoms with E-state index in [9.17, 15) is 22.8 Å². The number of aromatic nitrogens is 2. The van der Waals surface area contributed by atoms with Crippen LogP contribution in [0.1, 0.15) is 46.9 Å². The molecule has 0 bridgehead atoms. The number of carbonyl (C=O) groups excluding carboxylic acids is 1. The van der Waals surface area contributed by atoms with Crippen LogP contribution in [0.2, 0.25) is 0 Å². The van der Waals surface area contributed by atoms with Gasteiger partial charge in [-0.3, -0.25) is 14.5 Å². The lowest BCUT2D eigenvalue weighted by Gasteiger charge is -2.39. The van der Waals surface area contributed by atoms with Crippen molar-refractivity contribution in [3.63, 3.8) is 0 Å². The number of likely N-dealkylation sites (tertiary alicyclic amines) is 1. The van der Waals surface area contributed by atoms with E-state index in [1.165, 1.54) is 23.8 Å². The van der Waals surface area contributed by atoms with Gasteiger partial charge in [-0.25, -0.2) is 4.98 Å². The minimum atomic E-state index is -4.26. The van der Waals surface area contributed by atoms with Gasteiger partial charge in [-0.15, -0.1) is 11.8 Å². The third-order valence-corrected chi connectivity index (χ3v) is 9.01. The predicted octanol–water partition coefficient (Wildman–Crippen LogP) is 5.48. The molecule has 2 aliphatic heterocycles. The van der Waals surface area contributed by atoms with Crippen LogP contribution in [0, 0.1) is 19.8 Å². The maximum Gasteiger partial charge on any atom is 0.401 e. The Labute approximate surface area is 257 Å². The Hall–Kier alpha value is -3.71. The van der Waals surface area contributed by atoms with E-state index in [-0.39, 0.29) is 31.1 Å². The Bertz CT molecular complexity index is 1600. The molecule has 1 unspecified atom stereocenters. The molecule has 44 heavy (non-hydrogen) atoms. The van der Waals surface area contributed by atoms with Gasteiger partial charge in [0.1, 0.15) is 0 Å². The van der Waals surface area contributed by atoms with Gasteiger partial charge in [0, 0.05) is 70.1 Å². The van der Waals surface area contributed by atoms with Crippen LogP contribution in [-0.4, -0.2) is 65.7 Å². The number of fused-ring (bicyclic) bond motifs is 1. The molecule has 2 aromatic heterocycles. The van der Waals surface area contributed by atoms with Gasteiger partial charge in [0.25, 0.3) is 17.3 Å². The first-order valence-corrected chi connectivity index (χ1v) is 15.4. The highest BCUT2D eigenvalue weighted by atomic mass is 32.2. The summed E-state index contributed by atoms with van der Waals surface area (Å²) in [6, 6.07) is 7.06. The first-order chi connectivity index (χ1) is 20.8. The molecule has 0 saturated carbocycles. The highest BCUT2D eigenvalue weighted by Crippen LogP contribution is 2.52. The fourth-order valence-corrected chi connectivity index (χ4v) is 6.54. The lowest BCUT2D eigenvalue weighted by atomic mass is 9.89. The number of halogens is 3. The van der Waals surface area contributed by atoms with Crippen LogP contribution >= 0.6 is 11.8 Å². The number of alkyl halides is 3. The molecule has 4 heterocycles. The topological polar surface area (TPSA) is 106 Å². The quantitative estimate of drug-likeness (QED) is 0.315. The lowest BCUT2D eigenvalue weighted by Crippen LogP contribution is -2.49. The number of rotatable bonds is 8. The number of amides is 1. The molecule has 1 saturated heterocycles. The third kappa shape index (κ3) is 6.53. The highest BCUT2D eigenvalue weighted by Gasteiger charge is 2.48. The number of carbonyl (C=O) groups is 1. The zero-order valence-electron chi connectivity index (χ0n) is 25.2. The van der Waals surface area contributed by atoms with Crippen molar-refractivity contribution >= 4 is 17.7 Å². The van der Waals surface area contributed by atoms with Crippen molar-refractivity contribution < 1.29 is 32.2 Å². The smallest absolute Gasteiger partial charge is 0.401 e. The van der Waals surface area contributed by atoms with Crippen LogP contribution in [-0.2, 0) is 6.54 Å². The number of hydrogen-bond donors (Lipinski definition) is 2. The molecule has 0 radical (unpaired) electrons. The summed E-state index contributed by atoms with van der Waals surface area (Å²) in [5, 5.41) is 2.89. The van der Waals surface area contributed by atoms with E-state index in [1.807, 2.05) is 12.3 Å². The van der Waals surface area contributed by atoms with E-state index < -0.39 is 24.4 Å². The Morgan fingerprint density at radius 2 is 1.91 bits per heavy atom. The largest absolute Gasteiger partial charge is 0.481 e. The van der Waals surface area contributed by atoms with Crippen molar-refractivity contribution in [3.05, 3.63) is 63.2 Å². The molecule has 236 valence electrons. The van der Waals surface area contributed by atoms with Crippen LogP contribution in [0.15, 0.2) is 40.2 Å². The Morgan fingerprint density at radius 3 is 2.52 bits per heavy atom. The van der Waals surface area contributed by atoms with Crippen molar-refractivity contribution in [2.45, 2.75) is 57.0 Å². The van der Waals surface area contributed by atoms with Crippen molar-refractivity contribution in [2.75, 3.05) is 33.0 Å². The van der Waals surface area contributed by atoms with Crippen LogP contribution in [0.25, 0.3) is 11.1 Å². The molecule has 2 aliphatic rings. The van der Waals surface area contributed by atoms with Crippen LogP contribution in [0.4, 0.5) is 13.2 Å². The monoisotopic (exact) mass is 632 g/mol. The van der Waals surface area contributed by atoms with Gasteiger partial charge >= 0.3 is 6.18 Å². The van der Waals surface area contributed by atoms with Crippen LogP contribution in [0.5, 0.6) is 17.4 Å². The standard InChI is InChI=1S/C31H35F3N4O5S/c1-17-12-24(44-5)23(29(40)37-17)15-36-28(39)21-13-22(19-6-7-25(41-4)35-14-19)27-26(18(21)2)42-30(3,43-27)20-8-10-38(11-9-20)16-31(32,33)34/h6-7,12-14,20H,8-11,15-16H2,1-5H3,(H,36,39)(H,37,40). The van der Waals surface area contributed by atoms with E-state index in [0.29, 0.717) is 58.0 Å². The zero-order valence-corrected chi connectivity index (χ0v) is 26.0. The number of ether oxygens (including phenoxy) is 3. The van der Waals surface area contributed by atoms with Crippen molar-refractivity contribution in [1.82, 2.24) is 20.2 Å². The number of benzene rings is 1. The molecule has 3 aromatic rings. The minimum absolute atomic E-state index is 0.0200. The zero-order chi connectivity index (χ0) is 31.8. The molecule has 1 fully saturated rings. The van der Waals surface area contributed by atoms with E-state index in [0.717, 1.165) is 10.6 Å². The number of hydrogen-bond acceptors (Lipinski definition) is 8. The van der Waals surface area contributed by atoms with Gasteiger partial charge in [-0.05, 0) is 64.2 Å². The summed E-state index contributed by atoms with van der Waals surface area (Å²) in [5.74, 6) is -0.499. The Morgan fingerprint density at radius 1 is 1.20 bits per heavy atom. The number of thioether (sulfide) groups is 1. The predicted molar refractivity (Wildman–Crippen MR) is 161 cm³/mol. The summed E-state index contributed by atoms with van der Waals surface area (Å²) in [5.41, 5.74) is 3.03. The highest BCUT2D eigenvalue weighted by molar-refractivity contribution is 7.98. The second kappa shape index (κ2) is 12.4. The summed E-state index contributed by atoms with van der Waals surface area (Å²) in [4.78, 5) is 35.6. The molecule has 9 nitrogen and oxygen atoms in total. The van der Waals surface area contributed by atoms with Crippen LogP contribution in [0.3, 0.4) is 0 Å². The number of nitrogens with one attached hydrogen (secondary N) is 2. The SMILES string of the molecule is COc1ccc(-c2cc(C(=O)NCc3c(SC)cc(C)[nH]c3=O)c(C)c3c2OC(C)(C2CCN(CC(F)(F)F)CC2)O3)cn1. The summed E-state index contributed by atoms with van der Waals surface area (Å²) < 4.78 is 57.1. The van der Waals surface area contributed by atoms with Crippen LogP contribution < -0.4 is 25.1 Å². The van der Waals surface area contributed by atoms with Crippen molar-refractivity contribution in [2.24, 2.45) is 5.92 Å². The van der Waals surface area contributed by atoms with Crippen molar-refractivity contribution in [1.29, 1.82) is 0 Å². The summed E-state index contributed by atoms with van der Waals surface area (Å²) in [6.07, 6.45) is 0.127. The first kappa shape index (κ1) is 31.7. The second-order valence-electron chi connectivity index (χ2n) is 11.2. The van der Waals surface area contributed by atoms with E-state index >= 15 is 0 Å². The van der Waals surface area contributed by atoms with E-state index in [2.05, 4.69) is 15.3 Å². The van der Waals surface area contributed by atoms with Gasteiger partial charge in [-0.2, -0.15) is 13.2 Å². The number of H-pyrrole nitrogens is 1. The number of pyridine rings is 2. The molecule has 0 spiro atoms. The number of aromatic amines is 1. The molecule has 1 atom stereocenters. The molecule has 2 N–H and O–H groups in total. The average Bonchev–Trinajstić information content (AvgIpc) is 3.35. The Kier molecular flexibility index (Phi) is 8.90. The average molecular weight is 633 g/mol. The van der Waals surface area contributed by atoms with E-state index in [1.54, 1.807) is 45.2 Å². The maximum absolute atomic E-state index is 13.7. The fraction of sp³-hybridized carbons (Fsp3) is 0.452. The minimum Gasteiger partial charge on any atom is -0.481 e. The van der Waals surface area contributed by atoms with Crippen molar-refractivity contribution in [3.8, 4) is 28.5 Å². The maximum atomic E-state index is 13.7. The molecule has 1 aromatic carbocycles.